The molecular formula is C16H28N4. The van der Waals surface area contributed by atoms with E-state index in [1.807, 2.05) is 12.4 Å². The Balaban J connectivity index is 1.93. The second-order valence-electron chi connectivity index (χ2n) is 5.64. The van der Waals surface area contributed by atoms with E-state index in [2.05, 4.69) is 46.9 Å². The molecule has 0 spiro atoms. The third-order valence-electron chi connectivity index (χ3n) is 4.20. The van der Waals surface area contributed by atoms with Gasteiger partial charge in [-0.15, -0.1) is 0 Å². The van der Waals surface area contributed by atoms with E-state index in [0.29, 0.717) is 6.04 Å². The van der Waals surface area contributed by atoms with Crippen molar-refractivity contribution in [3.05, 3.63) is 18.5 Å². The highest BCUT2D eigenvalue weighted by atomic mass is 15.3. The number of nitrogens with zero attached hydrogens (tertiary/aromatic N) is 3. The quantitative estimate of drug-likeness (QED) is 0.866. The van der Waals surface area contributed by atoms with Crippen LogP contribution >= 0.6 is 0 Å². The van der Waals surface area contributed by atoms with Gasteiger partial charge in [0.15, 0.2) is 0 Å². The molecule has 1 aliphatic heterocycles. The van der Waals surface area contributed by atoms with E-state index >= 15 is 0 Å². The van der Waals surface area contributed by atoms with Gasteiger partial charge in [0.1, 0.15) is 0 Å². The van der Waals surface area contributed by atoms with Crippen molar-refractivity contribution in [3.63, 3.8) is 0 Å². The fourth-order valence-electron chi connectivity index (χ4n) is 2.65. The van der Waals surface area contributed by atoms with Crippen molar-refractivity contribution in [3.8, 4) is 0 Å². The van der Waals surface area contributed by atoms with Gasteiger partial charge in [-0.2, -0.15) is 0 Å². The first kappa shape index (κ1) is 15.1. The molecule has 0 saturated carbocycles. The van der Waals surface area contributed by atoms with E-state index in [-0.39, 0.29) is 0 Å². The number of anilines is 2. The maximum atomic E-state index is 4.37. The van der Waals surface area contributed by atoms with Crippen LogP contribution < -0.4 is 10.2 Å². The molecule has 0 aliphatic carbocycles. The second kappa shape index (κ2) is 7.48. The van der Waals surface area contributed by atoms with Gasteiger partial charge in [0.25, 0.3) is 0 Å². The van der Waals surface area contributed by atoms with Crippen LogP contribution in [0.15, 0.2) is 18.5 Å². The molecule has 0 radical (unpaired) electrons. The first-order chi connectivity index (χ1) is 9.74. The minimum absolute atomic E-state index is 0.702. The summed E-state index contributed by atoms with van der Waals surface area (Å²) in [6, 6.07) is 2.93. The number of hydrogen-bond donors (Lipinski definition) is 1. The van der Waals surface area contributed by atoms with Gasteiger partial charge in [-0.25, -0.2) is 0 Å². The SMILES string of the molecule is CCCNc1cncc(N2CCN(C(C)CC)CC2)c1. The Kier molecular flexibility index (Phi) is 5.65. The highest BCUT2D eigenvalue weighted by Crippen LogP contribution is 2.20. The van der Waals surface area contributed by atoms with Crippen LogP contribution in [0.4, 0.5) is 11.4 Å². The van der Waals surface area contributed by atoms with E-state index < -0.39 is 0 Å². The molecule has 1 aliphatic rings. The van der Waals surface area contributed by atoms with Gasteiger partial charge in [0, 0.05) is 38.8 Å². The first-order valence-corrected chi connectivity index (χ1v) is 7.92. The minimum Gasteiger partial charge on any atom is -0.384 e. The number of nitrogens with one attached hydrogen (secondary N) is 1. The molecule has 0 amide bonds. The summed E-state index contributed by atoms with van der Waals surface area (Å²) in [5, 5.41) is 3.41. The fraction of sp³-hybridized carbons (Fsp3) is 0.688. The zero-order chi connectivity index (χ0) is 14.4. The monoisotopic (exact) mass is 276 g/mol. The van der Waals surface area contributed by atoms with Crippen molar-refractivity contribution >= 4 is 11.4 Å². The highest BCUT2D eigenvalue weighted by molar-refractivity contribution is 5.55. The van der Waals surface area contributed by atoms with Gasteiger partial charge in [-0.05, 0) is 25.8 Å². The van der Waals surface area contributed by atoms with Crippen molar-refractivity contribution in [1.29, 1.82) is 0 Å². The van der Waals surface area contributed by atoms with Crippen molar-refractivity contribution in [2.24, 2.45) is 0 Å². The van der Waals surface area contributed by atoms with Gasteiger partial charge < -0.3 is 10.2 Å². The van der Waals surface area contributed by atoms with Gasteiger partial charge in [0.2, 0.25) is 0 Å². The summed E-state index contributed by atoms with van der Waals surface area (Å²) in [5.74, 6) is 0. The highest BCUT2D eigenvalue weighted by Gasteiger charge is 2.20. The lowest BCUT2D eigenvalue weighted by Crippen LogP contribution is -2.49. The zero-order valence-corrected chi connectivity index (χ0v) is 13.1. The Hall–Kier alpha value is -1.29. The molecule has 1 N–H and O–H groups in total. The van der Waals surface area contributed by atoms with Gasteiger partial charge >= 0.3 is 0 Å². The number of rotatable bonds is 6. The van der Waals surface area contributed by atoms with Gasteiger partial charge in [-0.3, -0.25) is 9.88 Å². The molecule has 2 heterocycles. The van der Waals surface area contributed by atoms with E-state index in [9.17, 15) is 0 Å². The summed E-state index contributed by atoms with van der Waals surface area (Å²) in [7, 11) is 0. The molecule has 1 atom stereocenters. The second-order valence-corrected chi connectivity index (χ2v) is 5.64. The van der Waals surface area contributed by atoms with Crippen molar-refractivity contribution in [1.82, 2.24) is 9.88 Å². The van der Waals surface area contributed by atoms with E-state index in [1.165, 1.54) is 12.1 Å². The Morgan fingerprint density at radius 3 is 2.60 bits per heavy atom. The summed E-state index contributed by atoms with van der Waals surface area (Å²) >= 11 is 0. The van der Waals surface area contributed by atoms with Crippen LogP contribution in [0.25, 0.3) is 0 Å². The van der Waals surface area contributed by atoms with Gasteiger partial charge in [-0.1, -0.05) is 13.8 Å². The number of piperazine rings is 1. The molecule has 1 fully saturated rings. The normalized spacial score (nSPS) is 18.1. The van der Waals surface area contributed by atoms with Crippen LogP contribution in [0.1, 0.15) is 33.6 Å². The van der Waals surface area contributed by atoms with Crippen molar-refractivity contribution in [2.45, 2.75) is 39.7 Å². The average Bonchev–Trinajstić information content (AvgIpc) is 2.52. The van der Waals surface area contributed by atoms with Crippen LogP contribution in [-0.4, -0.2) is 48.6 Å². The standard InChI is InChI=1S/C16H28N4/c1-4-6-18-15-11-16(13-17-12-15)20-9-7-19(8-10-20)14(3)5-2/h11-14,18H,4-10H2,1-3H3. The van der Waals surface area contributed by atoms with Crippen molar-refractivity contribution < 1.29 is 0 Å². The van der Waals surface area contributed by atoms with Crippen molar-refractivity contribution in [2.75, 3.05) is 42.9 Å². The maximum absolute atomic E-state index is 4.37. The average molecular weight is 276 g/mol. The van der Waals surface area contributed by atoms with E-state index in [1.54, 1.807) is 0 Å². The topological polar surface area (TPSA) is 31.4 Å². The van der Waals surface area contributed by atoms with E-state index in [4.69, 9.17) is 0 Å². The molecule has 0 bridgehead atoms. The van der Waals surface area contributed by atoms with Crippen LogP contribution in [-0.2, 0) is 0 Å². The third kappa shape index (κ3) is 3.85. The number of pyridine rings is 1. The summed E-state index contributed by atoms with van der Waals surface area (Å²) in [6.45, 7) is 12.3. The minimum atomic E-state index is 0.702. The Morgan fingerprint density at radius 2 is 1.95 bits per heavy atom. The summed E-state index contributed by atoms with van der Waals surface area (Å²) in [4.78, 5) is 9.40. The van der Waals surface area contributed by atoms with E-state index in [0.717, 1.165) is 44.8 Å². The largest absolute Gasteiger partial charge is 0.384 e. The summed E-state index contributed by atoms with van der Waals surface area (Å²) in [6.07, 6.45) is 6.26. The van der Waals surface area contributed by atoms with Crippen LogP contribution in [0, 0.1) is 0 Å². The molecule has 2 rings (SSSR count). The van der Waals surface area contributed by atoms with Gasteiger partial charge in [0.05, 0.1) is 23.8 Å². The maximum Gasteiger partial charge on any atom is 0.0574 e. The number of hydrogen-bond acceptors (Lipinski definition) is 4. The zero-order valence-electron chi connectivity index (χ0n) is 13.1. The molecule has 4 nitrogen and oxygen atoms in total. The lowest BCUT2D eigenvalue weighted by molar-refractivity contribution is 0.193. The van der Waals surface area contributed by atoms with Crippen LogP contribution in [0.3, 0.4) is 0 Å². The Morgan fingerprint density at radius 1 is 1.20 bits per heavy atom. The molecular weight excluding hydrogens is 248 g/mol. The molecule has 0 aromatic carbocycles. The summed E-state index contributed by atoms with van der Waals surface area (Å²) in [5.41, 5.74) is 2.38. The first-order valence-electron chi connectivity index (χ1n) is 7.92. The molecule has 20 heavy (non-hydrogen) atoms. The molecule has 4 heteroatoms. The number of aromatic nitrogens is 1. The van der Waals surface area contributed by atoms with Crippen LogP contribution in [0.2, 0.25) is 0 Å². The van der Waals surface area contributed by atoms with Crippen LogP contribution in [0.5, 0.6) is 0 Å². The molecule has 112 valence electrons. The molecule has 1 saturated heterocycles. The molecule has 1 aromatic rings. The lowest BCUT2D eigenvalue weighted by atomic mass is 10.2. The third-order valence-corrected chi connectivity index (χ3v) is 4.20. The Labute approximate surface area is 123 Å². The smallest absolute Gasteiger partial charge is 0.0574 e. The molecule has 1 unspecified atom stereocenters. The predicted molar refractivity (Wildman–Crippen MR) is 86.6 cm³/mol. The fourth-order valence-corrected chi connectivity index (χ4v) is 2.65. The summed E-state index contributed by atoms with van der Waals surface area (Å²) < 4.78 is 0. The molecule has 1 aromatic heterocycles. The Bertz CT molecular complexity index is 399. The lowest BCUT2D eigenvalue weighted by Gasteiger charge is -2.38. The predicted octanol–water partition coefficient (Wildman–Crippen LogP) is 2.82.